The van der Waals surface area contributed by atoms with Crippen molar-refractivity contribution in [3.63, 3.8) is 0 Å². The molecular formula is C19H21NO6. The fourth-order valence-corrected chi connectivity index (χ4v) is 2.51. The smallest absolute Gasteiger partial charge is 0.265 e. The maximum atomic E-state index is 12.4. The van der Waals surface area contributed by atoms with E-state index in [0.717, 1.165) is 0 Å². The Labute approximate surface area is 151 Å². The van der Waals surface area contributed by atoms with Gasteiger partial charge in [0.1, 0.15) is 19.0 Å². The Balaban J connectivity index is 1.64. The quantitative estimate of drug-likeness (QED) is 0.855. The number of rotatable bonds is 6. The molecule has 1 aliphatic rings. The second kappa shape index (κ2) is 7.86. The first-order chi connectivity index (χ1) is 12.6. The Morgan fingerprint density at radius 3 is 2.46 bits per heavy atom. The number of carbonyl (C=O) groups is 1. The van der Waals surface area contributed by atoms with Gasteiger partial charge in [-0.1, -0.05) is 0 Å². The first-order valence-electron chi connectivity index (χ1n) is 8.20. The zero-order valence-corrected chi connectivity index (χ0v) is 14.9. The highest BCUT2D eigenvalue weighted by Crippen LogP contribution is 2.34. The van der Waals surface area contributed by atoms with Gasteiger partial charge < -0.3 is 29.0 Å². The van der Waals surface area contributed by atoms with Gasteiger partial charge in [-0.3, -0.25) is 4.79 Å². The third kappa shape index (κ3) is 3.93. The van der Waals surface area contributed by atoms with Gasteiger partial charge >= 0.3 is 0 Å². The summed E-state index contributed by atoms with van der Waals surface area (Å²) in [5.74, 6) is 2.65. The molecule has 1 atom stereocenters. The van der Waals surface area contributed by atoms with E-state index in [-0.39, 0.29) is 5.91 Å². The van der Waals surface area contributed by atoms with Crippen molar-refractivity contribution in [2.24, 2.45) is 0 Å². The highest BCUT2D eigenvalue weighted by atomic mass is 16.6. The second-order valence-electron chi connectivity index (χ2n) is 5.62. The lowest BCUT2D eigenvalue weighted by atomic mass is 10.2. The summed E-state index contributed by atoms with van der Waals surface area (Å²) in [5.41, 5.74) is 0.588. The molecule has 1 aliphatic heterocycles. The molecule has 0 spiro atoms. The molecular weight excluding hydrogens is 338 g/mol. The van der Waals surface area contributed by atoms with Crippen molar-refractivity contribution in [2.45, 2.75) is 13.0 Å². The molecule has 0 fully saturated rings. The fourth-order valence-electron chi connectivity index (χ4n) is 2.51. The van der Waals surface area contributed by atoms with E-state index >= 15 is 0 Å². The zero-order valence-electron chi connectivity index (χ0n) is 14.9. The van der Waals surface area contributed by atoms with Crippen LogP contribution in [0.3, 0.4) is 0 Å². The molecule has 0 aliphatic carbocycles. The Hall–Kier alpha value is -3.09. The summed E-state index contributed by atoms with van der Waals surface area (Å²) >= 11 is 0. The molecule has 0 saturated heterocycles. The molecule has 2 aromatic carbocycles. The Kier molecular flexibility index (Phi) is 5.36. The van der Waals surface area contributed by atoms with E-state index in [0.29, 0.717) is 47.6 Å². The summed E-state index contributed by atoms with van der Waals surface area (Å²) in [5, 5.41) is 2.79. The van der Waals surface area contributed by atoms with Crippen LogP contribution in [0.2, 0.25) is 0 Å². The number of anilines is 1. The maximum Gasteiger partial charge on any atom is 0.265 e. The number of methoxy groups -OCH3 is 2. The van der Waals surface area contributed by atoms with E-state index in [1.54, 1.807) is 50.4 Å². The highest BCUT2D eigenvalue weighted by molar-refractivity contribution is 5.94. The molecule has 0 aromatic heterocycles. The van der Waals surface area contributed by atoms with Gasteiger partial charge in [0.2, 0.25) is 0 Å². The minimum atomic E-state index is -0.703. The van der Waals surface area contributed by atoms with Crippen LogP contribution in [-0.4, -0.2) is 39.4 Å². The SMILES string of the molecule is COc1ccc(NC(=O)C(C)Oc2ccc3c(c2)OCCO3)cc1OC. The van der Waals surface area contributed by atoms with Gasteiger partial charge in [0.25, 0.3) is 5.91 Å². The molecule has 26 heavy (non-hydrogen) atoms. The Bertz CT molecular complexity index is 792. The van der Waals surface area contributed by atoms with E-state index in [2.05, 4.69) is 5.32 Å². The van der Waals surface area contributed by atoms with E-state index in [1.807, 2.05) is 0 Å². The maximum absolute atomic E-state index is 12.4. The predicted octanol–water partition coefficient (Wildman–Crippen LogP) is 2.88. The van der Waals surface area contributed by atoms with Crippen LogP contribution in [0.1, 0.15) is 6.92 Å². The average Bonchev–Trinajstić information content (AvgIpc) is 2.67. The van der Waals surface area contributed by atoms with E-state index < -0.39 is 6.10 Å². The molecule has 2 aromatic rings. The molecule has 7 heteroatoms. The zero-order chi connectivity index (χ0) is 18.5. The third-order valence-corrected chi connectivity index (χ3v) is 3.85. The van der Waals surface area contributed by atoms with Crippen LogP contribution in [0, 0.1) is 0 Å². The molecule has 1 heterocycles. The van der Waals surface area contributed by atoms with Crippen molar-refractivity contribution in [1.29, 1.82) is 0 Å². The van der Waals surface area contributed by atoms with Gasteiger partial charge in [0, 0.05) is 17.8 Å². The number of fused-ring (bicyclic) bond motifs is 1. The Morgan fingerprint density at radius 2 is 1.73 bits per heavy atom. The molecule has 0 saturated carbocycles. The summed E-state index contributed by atoms with van der Waals surface area (Å²) < 4.78 is 27.1. The summed E-state index contributed by atoms with van der Waals surface area (Å²) in [6, 6.07) is 10.4. The summed E-state index contributed by atoms with van der Waals surface area (Å²) in [4.78, 5) is 12.4. The van der Waals surface area contributed by atoms with Crippen molar-refractivity contribution in [1.82, 2.24) is 0 Å². The van der Waals surface area contributed by atoms with Crippen molar-refractivity contribution in [2.75, 3.05) is 32.8 Å². The minimum absolute atomic E-state index is 0.285. The van der Waals surface area contributed by atoms with Crippen molar-refractivity contribution >= 4 is 11.6 Å². The monoisotopic (exact) mass is 359 g/mol. The largest absolute Gasteiger partial charge is 0.493 e. The Morgan fingerprint density at radius 1 is 1.00 bits per heavy atom. The van der Waals surface area contributed by atoms with Crippen LogP contribution in [0.15, 0.2) is 36.4 Å². The lowest BCUT2D eigenvalue weighted by Gasteiger charge is -2.20. The third-order valence-electron chi connectivity index (χ3n) is 3.85. The van der Waals surface area contributed by atoms with Crippen LogP contribution in [-0.2, 0) is 4.79 Å². The number of ether oxygens (including phenoxy) is 5. The normalized spacial score (nSPS) is 13.5. The van der Waals surface area contributed by atoms with Crippen LogP contribution >= 0.6 is 0 Å². The lowest BCUT2D eigenvalue weighted by molar-refractivity contribution is -0.122. The van der Waals surface area contributed by atoms with Gasteiger partial charge in [-0.05, 0) is 31.2 Å². The molecule has 3 rings (SSSR count). The molecule has 138 valence electrons. The van der Waals surface area contributed by atoms with E-state index in [4.69, 9.17) is 23.7 Å². The molecule has 1 amide bonds. The van der Waals surface area contributed by atoms with Crippen LogP contribution in [0.25, 0.3) is 0 Å². The van der Waals surface area contributed by atoms with Gasteiger partial charge in [-0.25, -0.2) is 0 Å². The van der Waals surface area contributed by atoms with Crippen molar-refractivity contribution in [3.05, 3.63) is 36.4 Å². The minimum Gasteiger partial charge on any atom is -0.493 e. The number of hydrogen-bond acceptors (Lipinski definition) is 6. The van der Waals surface area contributed by atoms with E-state index in [1.165, 1.54) is 7.11 Å². The van der Waals surface area contributed by atoms with Crippen LogP contribution < -0.4 is 29.0 Å². The van der Waals surface area contributed by atoms with Crippen molar-refractivity contribution < 1.29 is 28.5 Å². The molecule has 0 radical (unpaired) electrons. The summed E-state index contributed by atoms with van der Waals surface area (Å²) in [7, 11) is 3.09. The van der Waals surface area contributed by atoms with Crippen molar-refractivity contribution in [3.8, 4) is 28.7 Å². The van der Waals surface area contributed by atoms with Gasteiger partial charge in [-0.2, -0.15) is 0 Å². The fraction of sp³-hybridized carbons (Fsp3) is 0.316. The molecule has 1 N–H and O–H groups in total. The number of amides is 1. The number of hydrogen-bond donors (Lipinski definition) is 1. The molecule has 7 nitrogen and oxygen atoms in total. The second-order valence-corrected chi connectivity index (χ2v) is 5.62. The molecule has 1 unspecified atom stereocenters. The topological polar surface area (TPSA) is 75.3 Å². The molecule has 0 bridgehead atoms. The lowest BCUT2D eigenvalue weighted by Crippen LogP contribution is -2.30. The first-order valence-corrected chi connectivity index (χ1v) is 8.20. The summed E-state index contributed by atoms with van der Waals surface area (Å²) in [6.45, 7) is 2.69. The van der Waals surface area contributed by atoms with E-state index in [9.17, 15) is 4.79 Å². The predicted molar refractivity (Wildman–Crippen MR) is 95.7 cm³/mol. The van der Waals surface area contributed by atoms with Gasteiger partial charge in [0.05, 0.1) is 14.2 Å². The standard InChI is InChI=1S/C19H21NO6/c1-12(26-14-5-7-16-18(11-14)25-9-8-24-16)19(21)20-13-4-6-15(22-2)17(10-13)23-3/h4-7,10-12H,8-9H2,1-3H3,(H,20,21). The number of nitrogens with one attached hydrogen (secondary N) is 1. The first kappa shape index (κ1) is 17.7. The average molecular weight is 359 g/mol. The summed E-state index contributed by atoms with van der Waals surface area (Å²) in [6.07, 6.45) is -0.703. The highest BCUT2D eigenvalue weighted by Gasteiger charge is 2.18. The van der Waals surface area contributed by atoms with Crippen LogP contribution in [0.4, 0.5) is 5.69 Å². The number of benzene rings is 2. The van der Waals surface area contributed by atoms with Gasteiger partial charge in [-0.15, -0.1) is 0 Å². The van der Waals surface area contributed by atoms with Gasteiger partial charge in [0.15, 0.2) is 29.1 Å². The van der Waals surface area contributed by atoms with Crippen LogP contribution in [0.5, 0.6) is 28.7 Å². The number of carbonyl (C=O) groups excluding carboxylic acids is 1.